The zero-order valence-corrected chi connectivity index (χ0v) is 12.0. The summed E-state index contributed by atoms with van der Waals surface area (Å²) in [6, 6.07) is 2.31. The summed E-state index contributed by atoms with van der Waals surface area (Å²) in [5.74, 6) is 0.969. The summed E-state index contributed by atoms with van der Waals surface area (Å²) in [6.45, 7) is 4.44. The molecular formula is C13H19BrS. The maximum atomic E-state index is 3.87. The molecule has 0 nitrogen and oxygen atoms in total. The lowest BCUT2D eigenvalue weighted by atomic mass is 10.0. The van der Waals surface area contributed by atoms with Crippen LogP contribution in [0.15, 0.2) is 6.07 Å². The van der Waals surface area contributed by atoms with Crippen molar-refractivity contribution in [1.82, 2.24) is 0 Å². The summed E-state index contributed by atoms with van der Waals surface area (Å²) in [5, 5.41) is 0. The lowest BCUT2D eigenvalue weighted by Crippen LogP contribution is -1.98. The maximum Gasteiger partial charge on any atom is 0.0494 e. The van der Waals surface area contributed by atoms with Gasteiger partial charge in [0.05, 0.1) is 0 Å². The summed E-state index contributed by atoms with van der Waals surface area (Å²) in [7, 11) is 0. The fraction of sp³-hybridized carbons (Fsp3) is 0.692. The van der Waals surface area contributed by atoms with Crippen molar-refractivity contribution in [2.24, 2.45) is 5.92 Å². The molecule has 15 heavy (non-hydrogen) atoms. The van der Waals surface area contributed by atoms with Crippen molar-refractivity contribution in [1.29, 1.82) is 0 Å². The van der Waals surface area contributed by atoms with Gasteiger partial charge in [0, 0.05) is 14.6 Å². The monoisotopic (exact) mass is 286 g/mol. The highest BCUT2D eigenvalue weighted by molar-refractivity contribution is 9.09. The molecule has 0 aliphatic heterocycles. The van der Waals surface area contributed by atoms with Gasteiger partial charge in [0.25, 0.3) is 0 Å². The highest BCUT2D eigenvalue weighted by Crippen LogP contribution is 2.41. The Bertz CT molecular complexity index is 323. The lowest BCUT2D eigenvalue weighted by molar-refractivity contribution is 0.503. The van der Waals surface area contributed by atoms with Crippen LogP contribution in [0, 0.1) is 19.8 Å². The fourth-order valence-corrected chi connectivity index (χ4v) is 4.81. The smallest absolute Gasteiger partial charge is 0.0494 e. The van der Waals surface area contributed by atoms with Crippen molar-refractivity contribution in [3.05, 3.63) is 21.4 Å². The molecule has 1 saturated carbocycles. The van der Waals surface area contributed by atoms with E-state index < -0.39 is 0 Å². The molecule has 1 aromatic heterocycles. The van der Waals surface area contributed by atoms with Crippen molar-refractivity contribution in [3.8, 4) is 0 Å². The van der Waals surface area contributed by atoms with E-state index in [0.29, 0.717) is 4.83 Å². The van der Waals surface area contributed by atoms with E-state index in [2.05, 4.69) is 35.8 Å². The van der Waals surface area contributed by atoms with Crippen LogP contribution in [0.25, 0.3) is 0 Å². The number of thiophene rings is 1. The highest BCUT2D eigenvalue weighted by atomic mass is 79.9. The van der Waals surface area contributed by atoms with Crippen molar-refractivity contribution in [2.45, 2.75) is 50.8 Å². The van der Waals surface area contributed by atoms with Gasteiger partial charge in [0.1, 0.15) is 0 Å². The average Bonchev–Trinajstić information content (AvgIpc) is 2.75. The zero-order chi connectivity index (χ0) is 10.8. The van der Waals surface area contributed by atoms with Gasteiger partial charge in [-0.2, -0.15) is 0 Å². The van der Waals surface area contributed by atoms with Crippen LogP contribution in [-0.2, 0) is 0 Å². The number of aryl methyl sites for hydroxylation is 2. The fourth-order valence-electron chi connectivity index (χ4n) is 2.62. The number of rotatable bonds is 3. The third kappa shape index (κ3) is 2.85. The Hall–Kier alpha value is 0.180. The minimum Gasteiger partial charge on any atom is -0.144 e. The summed E-state index contributed by atoms with van der Waals surface area (Å²) in [5.41, 5.74) is 1.47. The van der Waals surface area contributed by atoms with Crippen LogP contribution < -0.4 is 0 Å². The van der Waals surface area contributed by atoms with Gasteiger partial charge >= 0.3 is 0 Å². The van der Waals surface area contributed by atoms with Crippen LogP contribution in [0.2, 0.25) is 0 Å². The molecule has 2 heteroatoms. The van der Waals surface area contributed by atoms with Crippen molar-refractivity contribution >= 4 is 27.3 Å². The number of halogens is 1. The average molecular weight is 287 g/mol. The van der Waals surface area contributed by atoms with Crippen LogP contribution in [0.3, 0.4) is 0 Å². The van der Waals surface area contributed by atoms with E-state index in [4.69, 9.17) is 0 Å². The minimum atomic E-state index is 0.597. The van der Waals surface area contributed by atoms with E-state index in [1.807, 2.05) is 11.3 Å². The predicted molar refractivity (Wildman–Crippen MR) is 72.0 cm³/mol. The molecule has 0 aromatic carbocycles. The number of alkyl halides is 1. The Kier molecular flexibility index (Phi) is 3.89. The first kappa shape index (κ1) is 11.7. The quantitative estimate of drug-likeness (QED) is 0.655. The molecule has 0 bridgehead atoms. The van der Waals surface area contributed by atoms with Gasteiger partial charge in [0.2, 0.25) is 0 Å². The molecule has 1 aliphatic rings. The second-order valence-electron chi connectivity index (χ2n) is 4.76. The van der Waals surface area contributed by atoms with Crippen molar-refractivity contribution in [3.63, 3.8) is 0 Å². The molecule has 0 amide bonds. The third-order valence-corrected chi connectivity index (χ3v) is 5.78. The topological polar surface area (TPSA) is 0 Å². The first-order chi connectivity index (χ1) is 7.16. The molecular weight excluding hydrogens is 268 g/mol. The van der Waals surface area contributed by atoms with Gasteiger partial charge in [-0.1, -0.05) is 41.6 Å². The molecule has 1 aliphatic carbocycles. The van der Waals surface area contributed by atoms with Crippen LogP contribution in [0.5, 0.6) is 0 Å². The third-order valence-electron chi connectivity index (χ3n) is 3.38. The normalized spacial score (nSPS) is 19.7. The molecule has 1 heterocycles. The summed E-state index contributed by atoms with van der Waals surface area (Å²) in [4.78, 5) is 3.59. The largest absolute Gasteiger partial charge is 0.144 e. The lowest BCUT2D eigenvalue weighted by Gasteiger charge is -2.14. The molecule has 1 atom stereocenters. The molecule has 1 unspecified atom stereocenters. The van der Waals surface area contributed by atoms with Gasteiger partial charge in [-0.15, -0.1) is 11.3 Å². The second kappa shape index (κ2) is 5.01. The molecule has 84 valence electrons. The maximum absolute atomic E-state index is 3.87. The molecule has 2 rings (SSSR count). The van der Waals surface area contributed by atoms with E-state index >= 15 is 0 Å². The predicted octanol–water partition coefficient (Wildman–Crippen LogP) is 5.38. The Morgan fingerprint density at radius 1 is 1.40 bits per heavy atom. The summed E-state index contributed by atoms with van der Waals surface area (Å²) < 4.78 is 0. The van der Waals surface area contributed by atoms with E-state index in [-0.39, 0.29) is 0 Å². The molecule has 0 saturated heterocycles. The molecule has 0 radical (unpaired) electrons. The van der Waals surface area contributed by atoms with Crippen LogP contribution in [0.1, 0.15) is 52.2 Å². The summed E-state index contributed by atoms with van der Waals surface area (Å²) >= 11 is 5.83. The zero-order valence-electron chi connectivity index (χ0n) is 9.55. The molecule has 1 aromatic rings. The van der Waals surface area contributed by atoms with Crippen molar-refractivity contribution < 1.29 is 0 Å². The van der Waals surface area contributed by atoms with Gasteiger partial charge in [-0.3, -0.25) is 0 Å². The molecule has 0 spiro atoms. The Morgan fingerprint density at radius 2 is 2.07 bits per heavy atom. The highest BCUT2D eigenvalue weighted by Gasteiger charge is 2.21. The van der Waals surface area contributed by atoms with E-state index in [9.17, 15) is 0 Å². The second-order valence-corrected chi connectivity index (χ2v) is 7.15. The van der Waals surface area contributed by atoms with E-state index in [1.54, 1.807) is 4.88 Å². The Morgan fingerprint density at radius 3 is 2.60 bits per heavy atom. The van der Waals surface area contributed by atoms with Crippen molar-refractivity contribution in [2.75, 3.05) is 0 Å². The standard InChI is InChI=1S/C13H19BrS/c1-9-7-10(2)15-13(9)12(14)8-11-5-3-4-6-11/h7,11-12H,3-6,8H2,1-2H3. The Labute approximate surface area is 105 Å². The van der Waals surface area contributed by atoms with Crippen LogP contribution in [0.4, 0.5) is 0 Å². The number of hydrogen-bond acceptors (Lipinski definition) is 1. The van der Waals surface area contributed by atoms with E-state index in [1.165, 1.54) is 42.5 Å². The minimum absolute atomic E-state index is 0.597. The Balaban J connectivity index is 2.00. The van der Waals surface area contributed by atoms with E-state index in [0.717, 1.165) is 5.92 Å². The van der Waals surface area contributed by atoms with Gasteiger partial charge < -0.3 is 0 Å². The first-order valence-electron chi connectivity index (χ1n) is 5.88. The summed E-state index contributed by atoms with van der Waals surface area (Å²) in [6.07, 6.45) is 7.14. The molecule has 1 fully saturated rings. The molecule has 0 N–H and O–H groups in total. The number of hydrogen-bond donors (Lipinski definition) is 0. The van der Waals surface area contributed by atoms with Crippen LogP contribution in [-0.4, -0.2) is 0 Å². The van der Waals surface area contributed by atoms with Crippen LogP contribution >= 0.6 is 27.3 Å². The van der Waals surface area contributed by atoms with Gasteiger partial charge in [-0.25, -0.2) is 0 Å². The van der Waals surface area contributed by atoms with Gasteiger partial charge in [-0.05, 0) is 37.8 Å². The SMILES string of the molecule is Cc1cc(C)c(C(Br)CC2CCCC2)s1. The first-order valence-corrected chi connectivity index (χ1v) is 7.61. The van der Waals surface area contributed by atoms with Gasteiger partial charge in [0.15, 0.2) is 0 Å².